The number of carboxylic acids is 1. The van der Waals surface area contributed by atoms with Crippen LogP contribution >= 0.6 is 0 Å². The maximum atomic E-state index is 12.2. The van der Waals surface area contributed by atoms with Crippen molar-refractivity contribution in [2.24, 2.45) is 17.4 Å². The van der Waals surface area contributed by atoms with Crippen LogP contribution in [0.2, 0.25) is 0 Å². The third-order valence-corrected chi connectivity index (χ3v) is 3.27. The van der Waals surface area contributed by atoms with Crippen LogP contribution in [0, 0.1) is 5.92 Å². The van der Waals surface area contributed by atoms with Gasteiger partial charge in [0.15, 0.2) is 0 Å². The number of carbonyl (C=O) groups excluding carboxylic acids is 4. The predicted octanol–water partition coefficient (Wildman–Crippen LogP) is -2.57. The second-order valence-electron chi connectivity index (χ2n) is 6.31. The van der Waals surface area contributed by atoms with E-state index in [1.807, 2.05) is 13.8 Å². The summed E-state index contributed by atoms with van der Waals surface area (Å²) in [6, 6.07) is -3.25. The second-order valence-corrected chi connectivity index (χ2v) is 6.31. The molecule has 0 aromatic carbocycles. The molecule has 148 valence electrons. The van der Waals surface area contributed by atoms with Gasteiger partial charge < -0.3 is 32.5 Å². The minimum Gasteiger partial charge on any atom is -0.480 e. The number of hydrogen-bond donors (Lipinski definition) is 6. The molecule has 0 spiro atoms. The molecule has 0 fully saturated rings. The van der Waals surface area contributed by atoms with Crippen molar-refractivity contribution >= 4 is 29.6 Å². The van der Waals surface area contributed by atoms with Gasteiger partial charge in [-0.15, -0.1) is 0 Å². The first-order valence-electron chi connectivity index (χ1n) is 8.08. The Morgan fingerprint density at radius 2 is 1.58 bits per heavy atom. The quantitative estimate of drug-likeness (QED) is 0.229. The Kier molecular flexibility index (Phi) is 9.89. The number of amides is 4. The highest BCUT2D eigenvalue weighted by molar-refractivity contribution is 5.93. The van der Waals surface area contributed by atoms with Crippen LogP contribution in [0.25, 0.3) is 0 Å². The molecule has 0 heterocycles. The highest BCUT2D eigenvalue weighted by Crippen LogP contribution is 2.05. The van der Waals surface area contributed by atoms with E-state index >= 15 is 0 Å². The maximum absolute atomic E-state index is 12.2. The number of primary amides is 1. The first-order valence-corrected chi connectivity index (χ1v) is 8.08. The average Bonchev–Trinajstić information content (AvgIpc) is 2.50. The lowest BCUT2D eigenvalue weighted by molar-refractivity contribution is -0.141. The first-order chi connectivity index (χ1) is 11.9. The van der Waals surface area contributed by atoms with Crippen molar-refractivity contribution in [3.63, 3.8) is 0 Å². The summed E-state index contributed by atoms with van der Waals surface area (Å²) in [7, 11) is 0. The largest absolute Gasteiger partial charge is 0.480 e. The van der Waals surface area contributed by atoms with Gasteiger partial charge in [0.05, 0.1) is 19.0 Å². The molecular formula is C15H27N5O6. The fourth-order valence-electron chi connectivity index (χ4n) is 1.94. The third-order valence-electron chi connectivity index (χ3n) is 3.27. The molecular weight excluding hydrogens is 346 g/mol. The van der Waals surface area contributed by atoms with Crippen molar-refractivity contribution in [3.05, 3.63) is 0 Å². The Balaban J connectivity index is 4.73. The lowest BCUT2D eigenvalue weighted by atomic mass is 10.0. The van der Waals surface area contributed by atoms with E-state index in [0.29, 0.717) is 0 Å². The van der Waals surface area contributed by atoms with Crippen LogP contribution in [-0.4, -0.2) is 59.4 Å². The Morgan fingerprint density at radius 3 is 2.04 bits per heavy atom. The van der Waals surface area contributed by atoms with Crippen LogP contribution < -0.4 is 27.4 Å². The fraction of sp³-hybridized carbons (Fsp3) is 0.667. The summed E-state index contributed by atoms with van der Waals surface area (Å²) in [6.07, 6.45) is -0.0919. The van der Waals surface area contributed by atoms with E-state index < -0.39 is 54.3 Å². The van der Waals surface area contributed by atoms with Crippen LogP contribution in [0.3, 0.4) is 0 Å². The average molecular weight is 373 g/mol. The molecule has 0 aliphatic carbocycles. The summed E-state index contributed by atoms with van der Waals surface area (Å²) in [5, 5.41) is 15.7. The molecule has 11 nitrogen and oxygen atoms in total. The number of carbonyl (C=O) groups is 5. The number of hydrogen-bond acceptors (Lipinski definition) is 6. The Labute approximate surface area is 151 Å². The molecule has 3 atom stereocenters. The van der Waals surface area contributed by atoms with Gasteiger partial charge >= 0.3 is 5.97 Å². The minimum atomic E-state index is -1.21. The van der Waals surface area contributed by atoms with Gasteiger partial charge in [0.2, 0.25) is 23.6 Å². The van der Waals surface area contributed by atoms with E-state index in [-0.39, 0.29) is 18.8 Å². The van der Waals surface area contributed by atoms with Crippen molar-refractivity contribution in [2.75, 3.05) is 6.54 Å². The molecule has 0 aromatic rings. The zero-order chi connectivity index (χ0) is 20.4. The Hall–Kier alpha value is -2.69. The summed E-state index contributed by atoms with van der Waals surface area (Å²) in [4.78, 5) is 57.3. The molecule has 11 heteroatoms. The van der Waals surface area contributed by atoms with E-state index in [1.54, 1.807) is 0 Å². The van der Waals surface area contributed by atoms with E-state index in [2.05, 4.69) is 16.0 Å². The van der Waals surface area contributed by atoms with Crippen molar-refractivity contribution in [3.8, 4) is 0 Å². The Bertz CT molecular complexity index is 551. The SMILES string of the molecule is CC(C)CC(NC(=O)C(N)CC(N)=O)C(=O)NCC(=O)NC(C)C(=O)O. The molecule has 0 saturated carbocycles. The summed E-state index contributed by atoms with van der Waals surface area (Å²) < 4.78 is 0. The molecule has 8 N–H and O–H groups in total. The molecule has 0 aliphatic heterocycles. The molecule has 3 unspecified atom stereocenters. The number of aliphatic carboxylic acids is 1. The van der Waals surface area contributed by atoms with Gasteiger partial charge in [-0.25, -0.2) is 0 Å². The van der Waals surface area contributed by atoms with Crippen molar-refractivity contribution < 1.29 is 29.1 Å². The maximum Gasteiger partial charge on any atom is 0.325 e. The van der Waals surface area contributed by atoms with Crippen LogP contribution in [0.5, 0.6) is 0 Å². The predicted molar refractivity (Wildman–Crippen MR) is 91.4 cm³/mol. The Morgan fingerprint density at radius 1 is 1.00 bits per heavy atom. The molecule has 0 saturated heterocycles. The van der Waals surface area contributed by atoms with Crippen molar-refractivity contribution in [1.82, 2.24) is 16.0 Å². The topological polar surface area (TPSA) is 194 Å². The van der Waals surface area contributed by atoms with Gasteiger partial charge in [-0.2, -0.15) is 0 Å². The lowest BCUT2D eigenvalue weighted by Crippen LogP contribution is -2.54. The van der Waals surface area contributed by atoms with Gasteiger partial charge in [0.1, 0.15) is 12.1 Å². The summed E-state index contributed by atoms with van der Waals surface area (Å²) in [5.41, 5.74) is 10.5. The zero-order valence-corrected chi connectivity index (χ0v) is 15.1. The standard InChI is InChI=1S/C15H27N5O6/c1-7(2)4-10(20-13(23)9(16)5-11(17)21)14(24)18-6-12(22)19-8(3)15(25)26/h7-10H,4-6,16H2,1-3H3,(H2,17,21)(H,18,24)(H,19,22)(H,20,23)(H,25,26). The van der Waals surface area contributed by atoms with E-state index in [4.69, 9.17) is 16.6 Å². The van der Waals surface area contributed by atoms with Gasteiger partial charge in [-0.05, 0) is 19.3 Å². The molecule has 26 heavy (non-hydrogen) atoms. The number of carboxylic acid groups (broad SMARTS) is 1. The van der Waals surface area contributed by atoms with Gasteiger partial charge in [0, 0.05) is 0 Å². The van der Waals surface area contributed by atoms with Crippen molar-refractivity contribution in [2.45, 2.75) is 51.7 Å². The molecule has 0 rings (SSSR count). The van der Waals surface area contributed by atoms with Crippen LogP contribution in [0.15, 0.2) is 0 Å². The fourth-order valence-corrected chi connectivity index (χ4v) is 1.94. The van der Waals surface area contributed by atoms with E-state index in [1.165, 1.54) is 6.92 Å². The molecule has 0 aliphatic rings. The van der Waals surface area contributed by atoms with E-state index in [9.17, 15) is 24.0 Å². The summed E-state index contributed by atoms with van der Waals surface area (Å²) in [6.45, 7) is 4.49. The van der Waals surface area contributed by atoms with Gasteiger partial charge in [0.25, 0.3) is 0 Å². The monoisotopic (exact) mass is 373 g/mol. The zero-order valence-electron chi connectivity index (χ0n) is 15.1. The number of nitrogens with two attached hydrogens (primary N) is 2. The molecule has 0 aromatic heterocycles. The first kappa shape index (κ1) is 23.3. The van der Waals surface area contributed by atoms with Crippen LogP contribution in [-0.2, 0) is 24.0 Å². The highest BCUT2D eigenvalue weighted by atomic mass is 16.4. The van der Waals surface area contributed by atoms with Crippen LogP contribution in [0.4, 0.5) is 0 Å². The summed E-state index contributed by atoms with van der Waals surface area (Å²) >= 11 is 0. The summed E-state index contributed by atoms with van der Waals surface area (Å²) in [5.74, 6) is -3.95. The molecule has 4 amide bonds. The van der Waals surface area contributed by atoms with Gasteiger partial charge in [-0.1, -0.05) is 13.8 Å². The van der Waals surface area contributed by atoms with E-state index in [0.717, 1.165) is 0 Å². The highest BCUT2D eigenvalue weighted by Gasteiger charge is 2.26. The minimum absolute atomic E-state index is 0.0410. The van der Waals surface area contributed by atoms with Crippen molar-refractivity contribution in [1.29, 1.82) is 0 Å². The smallest absolute Gasteiger partial charge is 0.325 e. The van der Waals surface area contributed by atoms with Gasteiger partial charge in [-0.3, -0.25) is 24.0 Å². The lowest BCUT2D eigenvalue weighted by Gasteiger charge is -2.22. The number of rotatable bonds is 11. The number of nitrogens with one attached hydrogen (secondary N) is 3. The van der Waals surface area contributed by atoms with Crippen LogP contribution in [0.1, 0.15) is 33.6 Å². The molecule has 0 bridgehead atoms. The normalized spacial score (nSPS) is 14.0. The third kappa shape index (κ3) is 9.57. The molecule has 0 radical (unpaired) electrons. The second kappa shape index (κ2) is 11.0.